The van der Waals surface area contributed by atoms with E-state index in [1.165, 1.54) is 0 Å². The van der Waals surface area contributed by atoms with Crippen molar-refractivity contribution in [3.05, 3.63) is 0 Å². The zero-order chi connectivity index (χ0) is 13.2. The van der Waals surface area contributed by atoms with Crippen LogP contribution in [0.15, 0.2) is 0 Å². The maximum absolute atomic E-state index is 10.4. The smallest absolute Gasteiger partial charge is 0.395 e. The number of hydrogen-bond acceptors (Lipinski definition) is 4. The van der Waals surface area contributed by atoms with E-state index in [0.717, 1.165) is 0 Å². The third-order valence-corrected chi connectivity index (χ3v) is 8.99. The first-order chi connectivity index (χ1) is 6.83. The molecule has 98 valence electrons. The highest BCUT2D eigenvalue weighted by Gasteiger charge is 2.48. The molecule has 0 aromatic carbocycles. The van der Waals surface area contributed by atoms with E-state index in [0.29, 0.717) is 0 Å². The zero-order valence-corrected chi connectivity index (χ0v) is 14.7. The lowest BCUT2D eigenvalue weighted by molar-refractivity contribution is 0.0488. The second-order valence-corrected chi connectivity index (χ2v) is 17.5. The first-order valence-corrected chi connectivity index (χ1v) is 14.1. The van der Waals surface area contributed by atoms with Gasteiger partial charge in [0.2, 0.25) is 0 Å². The molecule has 0 aliphatic carbocycles. The normalized spacial score (nSPS) is 14.6. The zero-order valence-electron chi connectivity index (χ0n) is 11.7. The standard InChI is InChI=1S/C9H26O4Si3/c1-9(2)11-16(10,12-14(3,4)5)13-15(6,7)8/h9-10H,1-8H3. The molecule has 7 heteroatoms. The van der Waals surface area contributed by atoms with E-state index in [-0.39, 0.29) is 6.10 Å². The molecule has 0 amide bonds. The molecule has 0 atom stereocenters. The van der Waals surface area contributed by atoms with Crippen molar-refractivity contribution in [3.8, 4) is 0 Å². The fourth-order valence-electron chi connectivity index (χ4n) is 1.14. The van der Waals surface area contributed by atoms with Crippen LogP contribution >= 0.6 is 0 Å². The third kappa shape index (κ3) is 8.62. The number of hydrogen-bond donors (Lipinski definition) is 1. The Morgan fingerprint density at radius 2 is 1.12 bits per heavy atom. The van der Waals surface area contributed by atoms with Crippen molar-refractivity contribution in [2.24, 2.45) is 0 Å². The average molecular weight is 283 g/mol. The van der Waals surface area contributed by atoms with Crippen molar-refractivity contribution in [2.75, 3.05) is 0 Å². The van der Waals surface area contributed by atoms with Crippen LogP contribution in [0.1, 0.15) is 13.8 Å². The Morgan fingerprint density at radius 3 is 1.31 bits per heavy atom. The minimum atomic E-state index is -3.46. The van der Waals surface area contributed by atoms with Crippen molar-refractivity contribution in [1.29, 1.82) is 0 Å². The van der Waals surface area contributed by atoms with Crippen molar-refractivity contribution in [1.82, 2.24) is 0 Å². The van der Waals surface area contributed by atoms with Gasteiger partial charge < -0.3 is 17.5 Å². The van der Waals surface area contributed by atoms with Gasteiger partial charge in [0, 0.05) is 6.10 Å². The second kappa shape index (κ2) is 5.42. The lowest BCUT2D eigenvalue weighted by Crippen LogP contribution is -2.58. The van der Waals surface area contributed by atoms with Gasteiger partial charge in [0.1, 0.15) is 0 Å². The maximum atomic E-state index is 10.4. The van der Waals surface area contributed by atoms with Gasteiger partial charge in [0.05, 0.1) is 0 Å². The Morgan fingerprint density at radius 1 is 0.812 bits per heavy atom. The van der Waals surface area contributed by atoms with Crippen LogP contribution in [0.25, 0.3) is 0 Å². The molecule has 0 spiro atoms. The summed E-state index contributed by atoms with van der Waals surface area (Å²) in [5.74, 6) is 0. The lowest BCUT2D eigenvalue weighted by Gasteiger charge is -2.35. The quantitative estimate of drug-likeness (QED) is 0.761. The van der Waals surface area contributed by atoms with Crippen molar-refractivity contribution >= 4 is 25.7 Å². The molecular formula is C9H26O4Si3. The molecule has 0 saturated carbocycles. The van der Waals surface area contributed by atoms with Gasteiger partial charge in [0.25, 0.3) is 0 Å². The van der Waals surface area contributed by atoms with Gasteiger partial charge in [-0.3, -0.25) is 0 Å². The minimum absolute atomic E-state index is 0.0932. The van der Waals surface area contributed by atoms with Crippen LogP contribution in [-0.4, -0.2) is 36.6 Å². The van der Waals surface area contributed by atoms with Crippen LogP contribution in [0.3, 0.4) is 0 Å². The second-order valence-electron chi connectivity index (χ2n) is 6.12. The Bertz CT molecular complexity index is 204. The predicted octanol–water partition coefficient (Wildman–Crippen LogP) is 2.54. The fraction of sp³-hybridized carbons (Fsp3) is 1.00. The van der Waals surface area contributed by atoms with Crippen LogP contribution in [0.2, 0.25) is 39.3 Å². The topological polar surface area (TPSA) is 47.9 Å². The van der Waals surface area contributed by atoms with Gasteiger partial charge in [0.15, 0.2) is 16.6 Å². The van der Waals surface area contributed by atoms with Crippen molar-refractivity contribution in [2.45, 2.75) is 59.2 Å². The van der Waals surface area contributed by atoms with Crippen LogP contribution < -0.4 is 0 Å². The van der Waals surface area contributed by atoms with Crippen LogP contribution in [-0.2, 0) is 12.7 Å². The Labute approximate surface area is 103 Å². The van der Waals surface area contributed by atoms with Crippen molar-refractivity contribution < 1.29 is 17.5 Å². The molecule has 1 N–H and O–H groups in total. The molecule has 0 rings (SSSR count). The molecule has 0 aliphatic heterocycles. The van der Waals surface area contributed by atoms with E-state index in [4.69, 9.17) is 12.7 Å². The first-order valence-electron chi connectivity index (χ1n) is 5.63. The summed E-state index contributed by atoms with van der Waals surface area (Å²) in [6, 6.07) is 0. The van der Waals surface area contributed by atoms with E-state index in [1.807, 2.05) is 53.1 Å². The molecule has 4 nitrogen and oxygen atoms in total. The van der Waals surface area contributed by atoms with Crippen LogP contribution in [0.4, 0.5) is 0 Å². The molecule has 0 aromatic rings. The highest BCUT2D eigenvalue weighted by Crippen LogP contribution is 2.20. The largest absolute Gasteiger partial charge is 0.655 e. The molecule has 0 heterocycles. The molecule has 0 radical (unpaired) electrons. The Kier molecular flexibility index (Phi) is 5.59. The fourth-order valence-corrected chi connectivity index (χ4v) is 8.85. The summed E-state index contributed by atoms with van der Waals surface area (Å²) in [6.07, 6.45) is -0.0932. The molecule has 0 fully saturated rings. The monoisotopic (exact) mass is 282 g/mol. The van der Waals surface area contributed by atoms with Crippen LogP contribution in [0, 0.1) is 0 Å². The summed E-state index contributed by atoms with van der Waals surface area (Å²) in [5, 5.41) is 0. The minimum Gasteiger partial charge on any atom is -0.395 e. The van der Waals surface area contributed by atoms with Gasteiger partial charge in [-0.1, -0.05) is 0 Å². The highest BCUT2D eigenvalue weighted by molar-refractivity contribution is 6.83. The first kappa shape index (κ1) is 16.5. The average Bonchev–Trinajstić information content (AvgIpc) is 1.69. The molecule has 0 unspecified atom stereocenters. The predicted molar refractivity (Wildman–Crippen MR) is 73.1 cm³/mol. The van der Waals surface area contributed by atoms with Gasteiger partial charge in [-0.2, -0.15) is 0 Å². The molecule has 0 bridgehead atoms. The van der Waals surface area contributed by atoms with E-state index in [2.05, 4.69) is 0 Å². The summed E-state index contributed by atoms with van der Waals surface area (Å²) >= 11 is 0. The summed E-state index contributed by atoms with van der Waals surface area (Å²) < 4.78 is 17.0. The van der Waals surface area contributed by atoms with E-state index < -0.39 is 25.7 Å². The summed E-state index contributed by atoms with van der Waals surface area (Å²) in [5.41, 5.74) is 0. The molecule has 0 aliphatic rings. The SMILES string of the molecule is CC(C)O[Si](O)(O[Si](C)(C)C)O[Si](C)(C)C. The van der Waals surface area contributed by atoms with E-state index in [9.17, 15) is 4.80 Å². The third-order valence-electron chi connectivity index (χ3n) is 1.25. The number of rotatable bonds is 6. The Hall–Kier alpha value is 0.491. The van der Waals surface area contributed by atoms with Gasteiger partial charge in [-0.05, 0) is 53.1 Å². The van der Waals surface area contributed by atoms with E-state index >= 15 is 0 Å². The van der Waals surface area contributed by atoms with Crippen molar-refractivity contribution in [3.63, 3.8) is 0 Å². The molecule has 0 saturated heterocycles. The van der Waals surface area contributed by atoms with Gasteiger partial charge in [-0.15, -0.1) is 0 Å². The summed E-state index contributed by atoms with van der Waals surface area (Å²) in [6.45, 7) is 15.8. The molecule has 16 heavy (non-hydrogen) atoms. The molecular weight excluding hydrogens is 256 g/mol. The van der Waals surface area contributed by atoms with E-state index in [1.54, 1.807) is 0 Å². The van der Waals surface area contributed by atoms with Crippen LogP contribution in [0.5, 0.6) is 0 Å². The Balaban J connectivity index is 4.75. The summed E-state index contributed by atoms with van der Waals surface area (Å²) in [4.78, 5) is 10.4. The highest BCUT2D eigenvalue weighted by atomic mass is 28.5. The lowest BCUT2D eigenvalue weighted by atomic mass is 10.5. The maximum Gasteiger partial charge on any atom is 0.655 e. The van der Waals surface area contributed by atoms with Gasteiger partial charge in [-0.25, -0.2) is 0 Å². The summed E-state index contributed by atoms with van der Waals surface area (Å²) in [7, 11) is -7.21. The van der Waals surface area contributed by atoms with Gasteiger partial charge >= 0.3 is 9.05 Å². The molecule has 0 aromatic heterocycles.